The van der Waals surface area contributed by atoms with E-state index in [0.29, 0.717) is 17.9 Å². The van der Waals surface area contributed by atoms with Crippen LogP contribution in [0.1, 0.15) is 44.7 Å². The molecule has 1 N–H and O–H groups in total. The molecule has 0 heterocycles. The van der Waals surface area contributed by atoms with Gasteiger partial charge in [-0.2, -0.15) is 0 Å². The van der Waals surface area contributed by atoms with Crippen molar-refractivity contribution in [3.63, 3.8) is 0 Å². The monoisotopic (exact) mass is 565 g/mol. The van der Waals surface area contributed by atoms with Crippen LogP contribution in [0.25, 0.3) is 0 Å². The average molecular weight is 566 g/mol. The zero-order valence-corrected chi connectivity index (χ0v) is 24.6. The van der Waals surface area contributed by atoms with Gasteiger partial charge in [0.05, 0.1) is 17.7 Å². The number of hydrogen-bond donors (Lipinski definition) is 1. The van der Waals surface area contributed by atoms with Crippen molar-refractivity contribution < 1.29 is 22.7 Å². The maximum atomic E-state index is 14.1. The lowest BCUT2D eigenvalue weighted by Gasteiger charge is -2.33. The molecule has 9 heteroatoms. The number of anilines is 1. The second kappa shape index (κ2) is 14.0. The van der Waals surface area contributed by atoms with Crippen molar-refractivity contribution in [2.45, 2.75) is 64.1 Å². The molecule has 0 aliphatic heterocycles. The lowest BCUT2D eigenvalue weighted by molar-refractivity contribution is -0.140. The third kappa shape index (κ3) is 7.63. The van der Waals surface area contributed by atoms with Gasteiger partial charge in [-0.05, 0) is 74.2 Å². The Labute approximate surface area is 238 Å². The van der Waals surface area contributed by atoms with E-state index in [1.54, 1.807) is 55.6 Å². The molecule has 0 bridgehead atoms. The molecule has 0 radical (unpaired) electrons. The summed E-state index contributed by atoms with van der Waals surface area (Å²) in [4.78, 5) is 29.0. The molecule has 214 valence electrons. The number of methoxy groups -OCH3 is 1. The van der Waals surface area contributed by atoms with Crippen LogP contribution in [0.2, 0.25) is 0 Å². The first-order valence-electron chi connectivity index (χ1n) is 13.5. The Bertz CT molecular complexity index is 1380. The minimum absolute atomic E-state index is 0.0678. The fraction of sp³-hybridized carbons (Fsp3) is 0.355. The third-order valence-corrected chi connectivity index (χ3v) is 8.59. The van der Waals surface area contributed by atoms with E-state index in [4.69, 9.17) is 4.74 Å². The highest BCUT2D eigenvalue weighted by atomic mass is 32.2. The molecule has 0 spiro atoms. The number of benzene rings is 3. The van der Waals surface area contributed by atoms with Crippen molar-refractivity contribution in [2.24, 2.45) is 0 Å². The maximum absolute atomic E-state index is 14.1. The second-order valence-electron chi connectivity index (χ2n) is 9.78. The topological polar surface area (TPSA) is 96.0 Å². The van der Waals surface area contributed by atoms with Gasteiger partial charge in [0.25, 0.3) is 10.0 Å². The first kappa shape index (κ1) is 30.7. The van der Waals surface area contributed by atoms with Gasteiger partial charge >= 0.3 is 0 Å². The van der Waals surface area contributed by atoms with E-state index in [9.17, 15) is 18.0 Å². The van der Waals surface area contributed by atoms with E-state index in [1.165, 1.54) is 17.0 Å². The van der Waals surface area contributed by atoms with Crippen LogP contribution < -0.4 is 14.4 Å². The molecular formula is C31H39N3O5S. The number of carbonyl (C=O) groups is 2. The Balaban J connectivity index is 2.04. The van der Waals surface area contributed by atoms with E-state index in [-0.39, 0.29) is 23.4 Å². The van der Waals surface area contributed by atoms with Gasteiger partial charge in [-0.25, -0.2) is 8.42 Å². The molecule has 3 rings (SSSR count). The van der Waals surface area contributed by atoms with Crippen LogP contribution in [-0.2, 0) is 26.2 Å². The molecular weight excluding hydrogens is 526 g/mol. The molecule has 0 aliphatic rings. The first-order chi connectivity index (χ1) is 19.1. The van der Waals surface area contributed by atoms with Gasteiger partial charge in [-0.15, -0.1) is 0 Å². The van der Waals surface area contributed by atoms with Gasteiger partial charge in [0.2, 0.25) is 11.8 Å². The normalized spacial score (nSPS) is 12.7. The van der Waals surface area contributed by atoms with Gasteiger partial charge in [0.15, 0.2) is 0 Å². The number of amides is 2. The number of ether oxygens (including phenoxy) is 1. The first-order valence-corrected chi connectivity index (χ1v) is 14.9. The van der Waals surface area contributed by atoms with Crippen LogP contribution in [0.4, 0.5) is 5.69 Å². The summed E-state index contributed by atoms with van der Waals surface area (Å²) in [6, 6.07) is 21.4. The number of sulfonamides is 1. The molecule has 0 aliphatic carbocycles. The summed E-state index contributed by atoms with van der Waals surface area (Å²) in [5, 5.41) is 2.98. The van der Waals surface area contributed by atoms with Crippen molar-refractivity contribution in [1.29, 1.82) is 0 Å². The summed E-state index contributed by atoms with van der Waals surface area (Å²) in [5.41, 5.74) is 2.02. The lowest BCUT2D eigenvalue weighted by atomic mass is 10.1. The molecule has 0 saturated heterocycles. The Kier molecular flexibility index (Phi) is 10.7. The minimum atomic E-state index is -4.09. The van der Waals surface area contributed by atoms with Crippen LogP contribution in [0.5, 0.6) is 5.75 Å². The van der Waals surface area contributed by atoms with Crippen LogP contribution in [0, 0.1) is 6.92 Å². The summed E-state index contributed by atoms with van der Waals surface area (Å²) in [6.45, 7) is 7.24. The smallest absolute Gasteiger partial charge is 0.264 e. The molecule has 2 amide bonds. The number of rotatable bonds is 13. The summed E-state index contributed by atoms with van der Waals surface area (Å²) < 4.78 is 34.1. The molecule has 3 aromatic rings. The minimum Gasteiger partial charge on any atom is -0.497 e. The standard InChI is InChI=1S/C31H39N3O5S/c1-6-24(4)32-31(36)29(7-2)33(21-25-16-18-27(39-5)19-17-25)30(35)22-34(26-13-11-12-23(3)20-26)40(37,38)28-14-9-8-10-15-28/h8-20,24,29H,6-7,21-22H2,1-5H3,(H,32,36). The Morgan fingerprint density at radius 2 is 1.60 bits per heavy atom. The Morgan fingerprint density at radius 1 is 0.925 bits per heavy atom. The zero-order valence-electron chi connectivity index (χ0n) is 23.8. The zero-order chi connectivity index (χ0) is 29.3. The van der Waals surface area contributed by atoms with Crippen molar-refractivity contribution in [3.05, 3.63) is 90.0 Å². The third-order valence-electron chi connectivity index (χ3n) is 6.80. The van der Waals surface area contributed by atoms with Gasteiger partial charge in [-0.3, -0.25) is 13.9 Å². The van der Waals surface area contributed by atoms with Crippen LogP contribution in [0.15, 0.2) is 83.8 Å². The highest BCUT2D eigenvalue weighted by Crippen LogP contribution is 2.26. The van der Waals surface area contributed by atoms with Gasteiger partial charge in [0.1, 0.15) is 18.3 Å². The maximum Gasteiger partial charge on any atom is 0.264 e. The Morgan fingerprint density at radius 3 is 2.17 bits per heavy atom. The summed E-state index contributed by atoms with van der Waals surface area (Å²) in [7, 11) is -2.51. The van der Waals surface area contributed by atoms with E-state index in [0.717, 1.165) is 21.9 Å². The molecule has 0 saturated carbocycles. The molecule has 40 heavy (non-hydrogen) atoms. The van der Waals surface area contributed by atoms with Gasteiger partial charge < -0.3 is 15.0 Å². The average Bonchev–Trinajstić information content (AvgIpc) is 2.96. The number of carbonyl (C=O) groups excluding carboxylic acids is 2. The fourth-order valence-electron chi connectivity index (χ4n) is 4.32. The SMILES string of the molecule is CCC(C)NC(=O)C(CC)N(Cc1ccc(OC)cc1)C(=O)CN(c1cccc(C)c1)S(=O)(=O)c1ccccc1. The van der Waals surface area contributed by atoms with E-state index in [2.05, 4.69) is 5.32 Å². The summed E-state index contributed by atoms with van der Waals surface area (Å²) in [6.07, 6.45) is 1.10. The van der Waals surface area contributed by atoms with Crippen LogP contribution in [0.3, 0.4) is 0 Å². The molecule has 2 atom stereocenters. The molecule has 0 fully saturated rings. The second-order valence-corrected chi connectivity index (χ2v) is 11.6. The predicted molar refractivity (Wildman–Crippen MR) is 158 cm³/mol. The van der Waals surface area contributed by atoms with Crippen molar-refractivity contribution in [1.82, 2.24) is 10.2 Å². The molecule has 2 unspecified atom stereocenters. The van der Waals surface area contributed by atoms with Gasteiger partial charge in [-0.1, -0.05) is 56.3 Å². The molecule has 8 nitrogen and oxygen atoms in total. The van der Waals surface area contributed by atoms with E-state index >= 15 is 0 Å². The highest BCUT2D eigenvalue weighted by Gasteiger charge is 2.34. The quantitative estimate of drug-likeness (QED) is 0.317. The van der Waals surface area contributed by atoms with Crippen molar-refractivity contribution in [3.8, 4) is 5.75 Å². The number of aryl methyl sites for hydroxylation is 1. The van der Waals surface area contributed by atoms with Crippen LogP contribution in [-0.4, -0.2) is 50.9 Å². The van der Waals surface area contributed by atoms with E-state index in [1.807, 2.05) is 45.9 Å². The lowest BCUT2D eigenvalue weighted by Crippen LogP contribution is -2.53. The highest BCUT2D eigenvalue weighted by molar-refractivity contribution is 7.92. The van der Waals surface area contributed by atoms with E-state index < -0.39 is 28.5 Å². The largest absolute Gasteiger partial charge is 0.497 e. The fourth-order valence-corrected chi connectivity index (χ4v) is 5.75. The number of nitrogens with one attached hydrogen (secondary N) is 1. The summed E-state index contributed by atoms with van der Waals surface area (Å²) >= 11 is 0. The molecule has 0 aromatic heterocycles. The Hall–Kier alpha value is -3.85. The summed E-state index contributed by atoms with van der Waals surface area (Å²) in [5.74, 6) is -0.0857. The van der Waals surface area contributed by atoms with Crippen molar-refractivity contribution >= 4 is 27.5 Å². The number of hydrogen-bond acceptors (Lipinski definition) is 5. The molecule has 3 aromatic carbocycles. The number of nitrogens with zero attached hydrogens (tertiary/aromatic N) is 2. The van der Waals surface area contributed by atoms with Gasteiger partial charge in [0, 0.05) is 12.6 Å². The van der Waals surface area contributed by atoms with Crippen LogP contribution >= 0.6 is 0 Å². The predicted octanol–water partition coefficient (Wildman–Crippen LogP) is 4.92. The van der Waals surface area contributed by atoms with Crippen molar-refractivity contribution in [2.75, 3.05) is 18.0 Å².